The second kappa shape index (κ2) is 24.0. The number of aryl methyl sites for hydroxylation is 1. The fraction of sp³-hybridized carbons (Fsp3) is 0.625. The Morgan fingerprint density at radius 2 is 1.58 bits per heavy atom. The van der Waals surface area contributed by atoms with Crippen LogP contribution in [-0.4, -0.2) is 43.8 Å². The van der Waals surface area contributed by atoms with Gasteiger partial charge in [0.1, 0.15) is 0 Å². The minimum atomic E-state index is -0.285. The van der Waals surface area contributed by atoms with Gasteiger partial charge in [0.2, 0.25) is 12.3 Å². The summed E-state index contributed by atoms with van der Waals surface area (Å²) < 4.78 is 0. The maximum absolute atomic E-state index is 11.2. The second-order valence-corrected chi connectivity index (χ2v) is 7.27. The average molecular weight is 439 g/mol. The van der Waals surface area contributed by atoms with E-state index in [1.54, 1.807) is 7.05 Å². The van der Waals surface area contributed by atoms with E-state index in [4.69, 9.17) is 0 Å². The Morgan fingerprint density at radius 1 is 1.03 bits per heavy atom. The molecular weight excluding hydrogens is 392 g/mol. The zero-order valence-corrected chi connectivity index (χ0v) is 21.0. The van der Waals surface area contributed by atoms with Crippen molar-refractivity contribution in [3.8, 4) is 0 Å². The van der Waals surface area contributed by atoms with Crippen molar-refractivity contribution in [1.82, 2.24) is 21.5 Å². The van der Waals surface area contributed by atoms with Crippen LogP contribution in [0.3, 0.4) is 0 Å². The first-order chi connectivity index (χ1) is 14.7. The summed E-state index contributed by atoms with van der Waals surface area (Å²) in [5.74, 6) is 0.491. The van der Waals surface area contributed by atoms with E-state index in [2.05, 4.69) is 40.5 Å². The summed E-state index contributed by atoms with van der Waals surface area (Å²) in [6.07, 6.45) is 1.81. The smallest absolute Gasteiger partial charge is 0.248 e. The lowest BCUT2D eigenvalue weighted by Crippen LogP contribution is -2.42. The van der Waals surface area contributed by atoms with Crippen molar-refractivity contribution in [2.45, 2.75) is 80.3 Å². The predicted molar refractivity (Wildman–Crippen MR) is 131 cm³/mol. The zero-order chi connectivity index (χ0) is 24.7. The van der Waals surface area contributed by atoms with E-state index in [-0.39, 0.29) is 17.7 Å². The van der Waals surface area contributed by atoms with Crippen molar-refractivity contribution in [3.63, 3.8) is 0 Å². The Bertz CT molecular complexity index is 549. The van der Waals surface area contributed by atoms with Crippen LogP contribution in [0.15, 0.2) is 30.3 Å². The van der Waals surface area contributed by atoms with Crippen molar-refractivity contribution >= 4 is 18.1 Å². The fourth-order valence-electron chi connectivity index (χ4n) is 2.11. The molecule has 1 unspecified atom stereocenters. The fourth-order valence-corrected chi connectivity index (χ4v) is 2.11. The quantitative estimate of drug-likeness (QED) is 0.331. The standard InChI is InChI=1S/C9H17NO2.C7H8.C6H15N3O.C2H6/c1-4-9(12)8(10-6-11)5-7(2)3;1-7-5-3-2-4-6-7;1-5(2)8-4-6(10)9-7-3;1-2/h6-8H,4-5H2,1-3H3,(H,10,11);2-6H,1H3;5,7-8H,4H2,1-3H3,(H,9,10);1-2H3. The highest BCUT2D eigenvalue weighted by Gasteiger charge is 2.16. The first kappa shape index (κ1) is 33.4. The van der Waals surface area contributed by atoms with Crippen LogP contribution in [0.2, 0.25) is 0 Å². The molecule has 0 aromatic heterocycles. The summed E-state index contributed by atoms with van der Waals surface area (Å²) in [7, 11) is 1.66. The van der Waals surface area contributed by atoms with Crippen LogP contribution in [0.1, 0.15) is 66.9 Å². The number of hydrogen-bond acceptors (Lipinski definition) is 5. The molecule has 4 N–H and O–H groups in total. The molecule has 1 rings (SSSR count). The molecule has 0 radical (unpaired) electrons. The molecule has 0 spiro atoms. The molecule has 7 nitrogen and oxygen atoms in total. The number of rotatable bonds is 10. The number of hydrogen-bond donors (Lipinski definition) is 4. The van der Waals surface area contributed by atoms with Gasteiger partial charge >= 0.3 is 0 Å². The van der Waals surface area contributed by atoms with E-state index in [9.17, 15) is 14.4 Å². The Balaban J connectivity index is -0.000000373. The molecule has 1 atom stereocenters. The molecule has 2 amide bonds. The molecule has 0 heterocycles. The van der Waals surface area contributed by atoms with Gasteiger partial charge in [-0.2, -0.15) is 0 Å². The zero-order valence-electron chi connectivity index (χ0n) is 21.0. The van der Waals surface area contributed by atoms with Crippen LogP contribution in [0.4, 0.5) is 0 Å². The first-order valence-electron chi connectivity index (χ1n) is 11.1. The summed E-state index contributed by atoms with van der Waals surface area (Å²) in [6, 6.07) is 10.3. The van der Waals surface area contributed by atoms with Gasteiger partial charge < -0.3 is 10.6 Å². The Kier molecular flexibility index (Phi) is 25.9. The molecular formula is C24H46N4O3. The third kappa shape index (κ3) is 25.7. The van der Waals surface area contributed by atoms with Crippen LogP contribution < -0.4 is 21.5 Å². The SMILES string of the molecule is CC.CCC(=O)C(CC(C)C)NC=O.CNNC(=O)CNC(C)C.Cc1ccccc1. The molecule has 180 valence electrons. The van der Waals surface area contributed by atoms with E-state index in [1.165, 1.54) is 5.56 Å². The highest BCUT2D eigenvalue weighted by atomic mass is 16.2. The van der Waals surface area contributed by atoms with Crippen molar-refractivity contribution in [2.75, 3.05) is 13.6 Å². The van der Waals surface area contributed by atoms with Gasteiger partial charge in [-0.1, -0.05) is 84.4 Å². The van der Waals surface area contributed by atoms with Crippen molar-refractivity contribution in [3.05, 3.63) is 35.9 Å². The highest BCUT2D eigenvalue weighted by molar-refractivity contribution is 5.85. The van der Waals surface area contributed by atoms with Crippen LogP contribution >= 0.6 is 0 Å². The largest absolute Gasteiger partial charge is 0.349 e. The molecule has 1 aromatic carbocycles. The summed E-state index contributed by atoms with van der Waals surface area (Å²) in [5, 5.41) is 5.51. The van der Waals surface area contributed by atoms with E-state index in [0.29, 0.717) is 31.3 Å². The molecule has 0 aliphatic heterocycles. The van der Waals surface area contributed by atoms with Gasteiger partial charge in [0.05, 0.1) is 12.6 Å². The molecule has 0 saturated heterocycles. The number of benzene rings is 1. The summed E-state index contributed by atoms with van der Waals surface area (Å²) >= 11 is 0. The Labute approximate surface area is 190 Å². The van der Waals surface area contributed by atoms with E-state index < -0.39 is 0 Å². The molecule has 1 aromatic rings. The molecule has 0 saturated carbocycles. The van der Waals surface area contributed by atoms with Crippen molar-refractivity contribution in [2.24, 2.45) is 5.92 Å². The van der Waals surface area contributed by atoms with Crippen molar-refractivity contribution < 1.29 is 14.4 Å². The van der Waals surface area contributed by atoms with Gasteiger partial charge in [0.25, 0.3) is 0 Å². The lowest BCUT2D eigenvalue weighted by Gasteiger charge is -2.15. The molecule has 0 bridgehead atoms. The van der Waals surface area contributed by atoms with Crippen LogP contribution in [0.25, 0.3) is 0 Å². The molecule has 31 heavy (non-hydrogen) atoms. The normalized spacial score (nSPS) is 10.3. The first-order valence-corrected chi connectivity index (χ1v) is 11.1. The van der Waals surface area contributed by atoms with Crippen LogP contribution in [0.5, 0.6) is 0 Å². The molecule has 0 aliphatic carbocycles. The summed E-state index contributed by atoms with van der Waals surface area (Å²) in [4.78, 5) is 32.1. The van der Waals surface area contributed by atoms with Gasteiger partial charge in [0, 0.05) is 19.5 Å². The van der Waals surface area contributed by atoms with Gasteiger partial charge in [-0.3, -0.25) is 19.8 Å². The minimum Gasteiger partial charge on any atom is -0.349 e. The van der Waals surface area contributed by atoms with Gasteiger partial charge in [-0.25, -0.2) is 5.43 Å². The second-order valence-electron chi connectivity index (χ2n) is 7.27. The third-order valence-electron chi connectivity index (χ3n) is 3.59. The number of hydrazine groups is 1. The monoisotopic (exact) mass is 438 g/mol. The van der Waals surface area contributed by atoms with Crippen molar-refractivity contribution in [1.29, 1.82) is 0 Å². The topological polar surface area (TPSA) is 99.3 Å². The molecule has 0 aliphatic rings. The van der Waals surface area contributed by atoms with Gasteiger partial charge in [-0.05, 0) is 19.3 Å². The Hall–Kier alpha value is -2.25. The van der Waals surface area contributed by atoms with Crippen LogP contribution in [0, 0.1) is 12.8 Å². The lowest BCUT2D eigenvalue weighted by molar-refractivity contribution is -0.123. The Morgan fingerprint density at radius 3 is 1.90 bits per heavy atom. The summed E-state index contributed by atoms with van der Waals surface area (Å²) in [5.41, 5.74) is 6.32. The average Bonchev–Trinajstić information content (AvgIpc) is 2.74. The lowest BCUT2D eigenvalue weighted by atomic mass is 9.99. The third-order valence-corrected chi connectivity index (χ3v) is 3.59. The summed E-state index contributed by atoms with van der Waals surface area (Å²) in [6.45, 7) is 16.3. The molecule has 7 heteroatoms. The number of Topliss-reactive ketones (excluding diaryl/α,β-unsaturated/α-hetero) is 1. The predicted octanol–water partition coefficient (Wildman–Crippen LogP) is 3.38. The maximum atomic E-state index is 11.2. The highest BCUT2D eigenvalue weighted by Crippen LogP contribution is 2.06. The number of carbonyl (C=O) groups excluding carboxylic acids is 3. The van der Waals surface area contributed by atoms with Gasteiger partial charge in [-0.15, -0.1) is 0 Å². The number of carbonyl (C=O) groups is 3. The maximum Gasteiger partial charge on any atom is 0.248 e. The van der Waals surface area contributed by atoms with E-state index in [1.807, 2.05) is 66.7 Å². The number of amides is 2. The van der Waals surface area contributed by atoms with Gasteiger partial charge in [0.15, 0.2) is 5.78 Å². The number of nitrogens with one attached hydrogen (secondary N) is 4. The van der Waals surface area contributed by atoms with E-state index in [0.717, 1.165) is 6.42 Å². The van der Waals surface area contributed by atoms with E-state index >= 15 is 0 Å². The number of ketones is 1. The van der Waals surface area contributed by atoms with Crippen LogP contribution in [-0.2, 0) is 14.4 Å². The minimum absolute atomic E-state index is 0.0452. The molecule has 0 fully saturated rings.